The summed E-state index contributed by atoms with van der Waals surface area (Å²) in [5.74, 6) is 6.19. The molecule has 23 heavy (non-hydrogen) atoms. The van der Waals surface area contributed by atoms with Gasteiger partial charge in [-0.2, -0.15) is 0 Å². The highest BCUT2D eigenvalue weighted by molar-refractivity contribution is 6.84. The van der Waals surface area contributed by atoms with Crippen molar-refractivity contribution in [1.82, 2.24) is 0 Å². The Bertz CT molecular complexity index is 699. The first kappa shape index (κ1) is 19.3. The van der Waals surface area contributed by atoms with Crippen molar-refractivity contribution < 1.29 is 9.53 Å². The van der Waals surface area contributed by atoms with Crippen LogP contribution in [0.25, 0.3) is 0 Å². The van der Waals surface area contributed by atoms with E-state index >= 15 is 0 Å². The number of carbonyl (C=O) groups is 1. The average molecular weight is 343 g/mol. The van der Waals surface area contributed by atoms with Crippen LogP contribution in [0.4, 0.5) is 0 Å². The van der Waals surface area contributed by atoms with Gasteiger partial charge >= 0.3 is 5.97 Å². The highest BCUT2D eigenvalue weighted by Crippen LogP contribution is 2.13. The predicted molar refractivity (Wildman–Crippen MR) is 103 cm³/mol. The molecule has 0 heterocycles. The SMILES string of the molecule is CCOC(=O)c1ccc(C#C[Si](C)(C)C)c(C#C[Si](C)(C)C)c1. The van der Waals surface area contributed by atoms with Crippen molar-refractivity contribution in [2.75, 3.05) is 6.61 Å². The molecule has 0 saturated carbocycles. The second-order valence-electron chi connectivity index (χ2n) is 7.48. The molecule has 0 spiro atoms. The van der Waals surface area contributed by atoms with Crippen LogP contribution in [0.1, 0.15) is 28.4 Å². The highest BCUT2D eigenvalue weighted by Gasteiger charge is 2.12. The zero-order valence-electron chi connectivity index (χ0n) is 15.3. The molecule has 0 fully saturated rings. The third-order valence-electron chi connectivity index (χ3n) is 2.68. The van der Waals surface area contributed by atoms with Gasteiger partial charge in [-0.3, -0.25) is 0 Å². The summed E-state index contributed by atoms with van der Waals surface area (Å²) in [6, 6.07) is 5.46. The van der Waals surface area contributed by atoms with Gasteiger partial charge in [0.15, 0.2) is 0 Å². The molecule has 1 rings (SSSR count). The minimum absolute atomic E-state index is 0.312. The van der Waals surface area contributed by atoms with Gasteiger partial charge in [0, 0.05) is 11.1 Å². The van der Waals surface area contributed by atoms with Crippen molar-refractivity contribution in [1.29, 1.82) is 0 Å². The van der Waals surface area contributed by atoms with E-state index in [0.29, 0.717) is 12.2 Å². The second-order valence-corrected chi connectivity index (χ2v) is 17.0. The van der Waals surface area contributed by atoms with Crippen LogP contribution in [0.2, 0.25) is 39.3 Å². The van der Waals surface area contributed by atoms with Crippen LogP contribution in [0.3, 0.4) is 0 Å². The molecule has 1 aromatic rings. The van der Waals surface area contributed by atoms with Gasteiger partial charge < -0.3 is 4.74 Å². The summed E-state index contributed by atoms with van der Waals surface area (Å²) in [5, 5.41) is 0. The van der Waals surface area contributed by atoms with Crippen LogP contribution in [-0.2, 0) is 4.74 Å². The Labute approximate surface area is 142 Å². The zero-order chi connectivity index (χ0) is 17.7. The van der Waals surface area contributed by atoms with Gasteiger partial charge in [-0.05, 0) is 25.1 Å². The summed E-state index contributed by atoms with van der Waals surface area (Å²) in [6.45, 7) is 15.4. The second kappa shape index (κ2) is 7.68. The van der Waals surface area contributed by atoms with Gasteiger partial charge in [0.05, 0.1) is 12.2 Å². The van der Waals surface area contributed by atoms with Crippen LogP contribution < -0.4 is 0 Å². The molecule has 0 aliphatic carbocycles. The fourth-order valence-electron chi connectivity index (χ4n) is 1.61. The Morgan fingerprint density at radius 2 is 1.48 bits per heavy atom. The maximum absolute atomic E-state index is 11.9. The molecule has 1 aromatic carbocycles. The van der Waals surface area contributed by atoms with Crippen LogP contribution in [0, 0.1) is 22.9 Å². The molecular weight excluding hydrogens is 316 g/mol. The first-order chi connectivity index (χ1) is 10.5. The molecule has 4 heteroatoms. The molecule has 0 unspecified atom stereocenters. The van der Waals surface area contributed by atoms with E-state index in [0.717, 1.165) is 11.1 Å². The van der Waals surface area contributed by atoms with Crippen LogP contribution in [0.5, 0.6) is 0 Å². The minimum Gasteiger partial charge on any atom is -0.462 e. The van der Waals surface area contributed by atoms with E-state index in [9.17, 15) is 4.79 Å². The van der Waals surface area contributed by atoms with Gasteiger partial charge in [-0.25, -0.2) is 4.79 Å². The van der Waals surface area contributed by atoms with E-state index < -0.39 is 16.1 Å². The normalized spacial score (nSPS) is 10.9. The molecule has 0 aromatic heterocycles. The molecule has 122 valence electrons. The number of hydrogen-bond donors (Lipinski definition) is 0. The summed E-state index contributed by atoms with van der Waals surface area (Å²) in [5.41, 5.74) is 8.97. The summed E-state index contributed by atoms with van der Waals surface area (Å²) in [7, 11) is -2.96. The van der Waals surface area contributed by atoms with Crippen molar-refractivity contribution in [2.24, 2.45) is 0 Å². The molecular formula is C19H26O2Si2. The fourth-order valence-corrected chi connectivity index (χ4v) is 2.63. The lowest BCUT2D eigenvalue weighted by molar-refractivity contribution is 0.0526. The standard InChI is InChI=1S/C19H26O2Si2/c1-8-21-19(20)18-10-9-16(11-13-22(2,3)4)17(15-18)12-14-23(5,6)7/h9-10,15H,8H2,1-7H3. The lowest BCUT2D eigenvalue weighted by Crippen LogP contribution is -2.17. The number of hydrogen-bond acceptors (Lipinski definition) is 2. The van der Waals surface area contributed by atoms with Crippen LogP contribution in [-0.4, -0.2) is 28.7 Å². The van der Waals surface area contributed by atoms with E-state index in [-0.39, 0.29) is 5.97 Å². The van der Waals surface area contributed by atoms with Crippen LogP contribution >= 0.6 is 0 Å². The topological polar surface area (TPSA) is 26.3 Å². The summed E-state index contributed by atoms with van der Waals surface area (Å²) >= 11 is 0. The van der Waals surface area contributed by atoms with E-state index in [1.54, 1.807) is 19.1 Å². The van der Waals surface area contributed by atoms with E-state index in [1.165, 1.54) is 0 Å². The molecule has 0 radical (unpaired) electrons. The van der Waals surface area contributed by atoms with Crippen molar-refractivity contribution >= 4 is 22.1 Å². The molecule has 0 bridgehead atoms. The quantitative estimate of drug-likeness (QED) is 0.454. The molecule has 0 atom stereocenters. The number of ether oxygens (including phenoxy) is 1. The fraction of sp³-hybridized carbons (Fsp3) is 0.421. The average Bonchev–Trinajstić information content (AvgIpc) is 2.41. The summed E-state index contributed by atoms with van der Waals surface area (Å²) < 4.78 is 5.07. The molecule has 0 aliphatic rings. The third kappa shape index (κ3) is 7.37. The Morgan fingerprint density at radius 1 is 0.957 bits per heavy atom. The van der Waals surface area contributed by atoms with Crippen molar-refractivity contribution in [2.45, 2.75) is 46.2 Å². The summed E-state index contributed by atoms with van der Waals surface area (Å²) in [4.78, 5) is 11.9. The van der Waals surface area contributed by atoms with E-state index in [4.69, 9.17) is 4.74 Å². The molecule has 0 N–H and O–H groups in total. The van der Waals surface area contributed by atoms with Gasteiger partial charge in [0.2, 0.25) is 0 Å². The minimum atomic E-state index is -1.50. The molecule has 0 aliphatic heterocycles. The Kier molecular flexibility index (Phi) is 6.44. The van der Waals surface area contributed by atoms with E-state index in [1.807, 2.05) is 6.07 Å². The van der Waals surface area contributed by atoms with E-state index in [2.05, 4.69) is 62.2 Å². The van der Waals surface area contributed by atoms with Gasteiger partial charge in [0.25, 0.3) is 0 Å². The Hall–Kier alpha value is -1.76. The number of carbonyl (C=O) groups excluding carboxylic acids is 1. The monoisotopic (exact) mass is 342 g/mol. The van der Waals surface area contributed by atoms with Crippen molar-refractivity contribution in [3.8, 4) is 22.9 Å². The zero-order valence-corrected chi connectivity index (χ0v) is 17.3. The Balaban J connectivity index is 3.36. The van der Waals surface area contributed by atoms with Crippen LogP contribution in [0.15, 0.2) is 18.2 Å². The lowest BCUT2D eigenvalue weighted by Gasteiger charge is -2.07. The van der Waals surface area contributed by atoms with Gasteiger partial charge in [0.1, 0.15) is 16.1 Å². The predicted octanol–water partition coefficient (Wildman–Crippen LogP) is 4.32. The first-order valence-corrected chi connectivity index (χ1v) is 14.9. The third-order valence-corrected chi connectivity index (χ3v) is 4.43. The first-order valence-electron chi connectivity index (χ1n) is 7.89. The smallest absolute Gasteiger partial charge is 0.338 e. The number of benzene rings is 1. The summed E-state index contributed by atoms with van der Waals surface area (Å²) in [6.07, 6.45) is 0. The highest BCUT2D eigenvalue weighted by atomic mass is 28.3. The largest absolute Gasteiger partial charge is 0.462 e. The lowest BCUT2D eigenvalue weighted by atomic mass is 10.0. The molecule has 0 saturated heterocycles. The maximum Gasteiger partial charge on any atom is 0.338 e. The molecule has 2 nitrogen and oxygen atoms in total. The molecule has 0 amide bonds. The maximum atomic E-state index is 11.9. The van der Waals surface area contributed by atoms with Crippen molar-refractivity contribution in [3.05, 3.63) is 34.9 Å². The number of esters is 1. The Morgan fingerprint density at radius 3 is 1.96 bits per heavy atom. The number of rotatable bonds is 2. The van der Waals surface area contributed by atoms with Gasteiger partial charge in [-0.1, -0.05) is 51.1 Å². The van der Waals surface area contributed by atoms with Crippen molar-refractivity contribution in [3.63, 3.8) is 0 Å². The van der Waals surface area contributed by atoms with Gasteiger partial charge in [-0.15, -0.1) is 11.1 Å².